The molecule has 5 rings (SSSR count). The molecule has 2 fully saturated rings. The molecule has 0 spiro atoms. The second-order valence-corrected chi connectivity index (χ2v) is 13.6. The molecule has 198 valence electrons. The lowest BCUT2D eigenvalue weighted by atomic mass is 9.80. The minimum Gasteiger partial charge on any atom is -0.494 e. The lowest BCUT2D eigenvalue weighted by Crippen LogP contribution is -2.50. The Morgan fingerprint density at radius 2 is 1.84 bits per heavy atom. The Balaban J connectivity index is 1.44. The van der Waals surface area contributed by atoms with Crippen LogP contribution in [-0.2, 0) is 25.2 Å². The van der Waals surface area contributed by atoms with Crippen molar-refractivity contribution in [3.8, 4) is 5.75 Å². The number of nitrogens with one attached hydrogen (secondary N) is 2. The minimum absolute atomic E-state index is 0.109. The molecule has 2 heterocycles. The van der Waals surface area contributed by atoms with Gasteiger partial charge < -0.3 is 10.1 Å². The quantitative estimate of drug-likeness (QED) is 0.308. The van der Waals surface area contributed by atoms with Gasteiger partial charge >= 0.3 is 0 Å². The maximum absolute atomic E-state index is 13.5. The van der Waals surface area contributed by atoms with Crippen molar-refractivity contribution >= 4 is 38.7 Å². The topological polar surface area (TPSA) is 102 Å². The highest BCUT2D eigenvalue weighted by atomic mass is 32.2. The fraction of sp³-hybridized carbons (Fsp3) is 0.500. The first-order chi connectivity index (χ1) is 17.7. The van der Waals surface area contributed by atoms with Crippen LogP contribution in [0.5, 0.6) is 5.75 Å². The smallest absolute Gasteiger partial charge is 0.270 e. The third-order valence-electron chi connectivity index (χ3n) is 7.29. The number of carbonyl (C=O) groups is 2. The Labute approximate surface area is 222 Å². The number of hydrogen-bond acceptors (Lipinski definition) is 6. The first-order valence-electron chi connectivity index (χ1n) is 13.2. The summed E-state index contributed by atoms with van der Waals surface area (Å²) >= 11 is 1.59. The molecule has 1 unspecified atom stereocenters. The van der Waals surface area contributed by atoms with Gasteiger partial charge in [0, 0.05) is 16.2 Å². The predicted octanol–water partition coefficient (Wildman–Crippen LogP) is 4.99. The van der Waals surface area contributed by atoms with E-state index in [1.807, 2.05) is 37.3 Å². The van der Waals surface area contributed by atoms with Crippen molar-refractivity contribution in [2.45, 2.75) is 81.9 Å². The monoisotopic (exact) mass is 542 g/mol. The molecule has 0 radical (unpaired) electrons. The van der Waals surface area contributed by atoms with E-state index in [4.69, 9.17) is 4.74 Å². The highest BCUT2D eigenvalue weighted by molar-refractivity contribution is 7.91. The van der Waals surface area contributed by atoms with Crippen LogP contribution in [0.1, 0.15) is 86.4 Å². The van der Waals surface area contributed by atoms with Gasteiger partial charge in [-0.3, -0.25) is 9.59 Å². The molecule has 7 nitrogen and oxygen atoms in total. The summed E-state index contributed by atoms with van der Waals surface area (Å²) in [4.78, 5) is 28.8. The number of ether oxygens (including phenoxy) is 1. The number of thiophene rings is 1. The van der Waals surface area contributed by atoms with Crippen LogP contribution in [0.4, 0.5) is 0 Å². The van der Waals surface area contributed by atoms with Crippen LogP contribution in [0.2, 0.25) is 0 Å². The van der Waals surface area contributed by atoms with Crippen LogP contribution in [-0.4, -0.2) is 32.1 Å². The molecule has 9 heteroatoms. The fourth-order valence-electron chi connectivity index (χ4n) is 4.77. The molecule has 3 aliphatic rings. The predicted molar refractivity (Wildman–Crippen MR) is 145 cm³/mol. The van der Waals surface area contributed by atoms with Crippen LogP contribution in [0.25, 0.3) is 5.57 Å². The van der Waals surface area contributed by atoms with Gasteiger partial charge in [-0.2, -0.15) is 0 Å². The van der Waals surface area contributed by atoms with Crippen molar-refractivity contribution in [2.24, 2.45) is 0 Å². The Morgan fingerprint density at radius 1 is 1.11 bits per heavy atom. The number of carbonyl (C=O) groups excluding carboxylic acids is 2. The van der Waals surface area contributed by atoms with E-state index in [0.717, 1.165) is 48.3 Å². The number of unbranched alkanes of at least 4 members (excludes halogenated alkanes) is 2. The lowest BCUT2D eigenvalue weighted by molar-refractivity contribution is -0.124. The summed E-state index contributed by atoms with van der Waals surface area (Å²) in [6, 6.07) is 11.7. The molecule has 2 N–H and O–H groups in total. The summed E-state index contributed by atoms with van der Waals surface area (Å²) in [6.45, 7) is 4.76. The van der Waals surface area contributed by atoms with Crippen LogP contribution in [0.15, 0.2) is 42.0 Å². The highest BCUT2D eigenvalue weighted by Gasteiger charge is 2.43. The highest BCUT2D eigenvalue weighted by Crippen LogP contribution is 2.47. The molecule has 2 aliphatic carbocycles. The maximum Gasteiger partial charge on any atom is 0.270 e. The van der Waals surface area contributed by atoms with Gasteiger partial charge in [-0.05, 0) is 80.3 Å². The average molecular weight is 543 g/mol. The molecule has 2 aromatic rings. The van der Waals surface area contributed by atoms with Crippen molar-refractivity contribution in [1.82, 2.24) is 10.0 Å². The third-order valence-corrected chi connectivity index (χ3v) is 10.4. The van der Waals surface area contributed by atoms with E-state index >= 15 is 0 Å². The van der Waals surface area contributed by atoms with Gasteiger partial charge in [0.15, 0.2) is 0 Å². The number of hydrogen-bond donors (Lipinski definition) is 2. The van der Waals surface area contributed by atoms with Crippen molar-refractivity contribution in [1.29, 1.82) is 0 Å². The van der Waals surface area contributed by atoms with Crippen molar-refractivity contribution in [3.63, 3.8) is 0 Å². The van der Waals surface area contributed by atoms with Crippen molar-refractivity contribution < 1.29 is 22.7 Å². The number of benzene rings is 1. The molecule has 0 saturated heterocycles. The molecular weight excluding hydrogens is 508 g/mol. The molecular formula is C28H34N2O5S2. The van der Waals surface area contributed by atoms with E-state index in [2.05, 4.69) is 23.0 Å². The van der Waals surface area contributed by atoms with Crippen LogP contribution < -0.4 is 14.8 Å². The van der Waals surface area contributed by atoms with E-state index in [1.54, 1.807) is 11.3 Å². The molecule has 2 amide bonds. The molecule has 1 atom stereocenters. The van der Waals surface area contributed by atoms with Gasteiger partial charge in [0.05, 0.1) is 17.4 Å². The zero-order chi connectivity index (χ0) is 26.2. The number of amides is 2. The van der Waals surface area contributed by atoms with Crippen molar-refractivity contribution in [3.05, 3.63) is 57.3 Å². The van der Waals surface area contributed by atoms with E-state index in [0.29, 0.717) is 37.4 Å². The average Bonchev–Trinajstić information content (AvgIpc) is 3.79. The summed E-state index contributed by atoms with van der Waals surface area (Å²) in [5.74, 6) is -0.0910. The standard InChI is InChI=1S/C28H34N2O5S2/c1-3-4-5-16-35-20-10-8-19(9-11-20)28(2)17-22(24-15-14-23(36-24)18-6-7-18)25(26(31)29-28)27(32)30-37(33,34)21-12-13-21/h8-11,14-15,18,21H,3-7,12-13,16-17H2,1-2H3,(H,29,31)(H,30,32). The first kappa shape index (κ1) is 26.0. The summed E-state index contributed by atoms with van der Waals surface area (Å²) < 4.78 is 33.0. The Hall–Kier alpha value is -2.65. The SMILES string of the molecule is CCCCCOc1ccc(C2(C)CC(c3ccc(C4CC4)s3)=C(C(=O)NS(=O)(=O)C3CC3)C(=O)N2)cc1. The van der Waals surface area contributed by atoms with Crippen LogP contribution in [0, 0.1) is 0 Å². The van der Waals surface area contributed by atoms with Crippen molar-refractivity contribution in [2.75, 3.05) is 6.61 Å². The second kappa shape index (κ2) is 10.3. The summed E-state index contributed by atoms with van der Waals surface area (Å²) in [6.07, 6.45) is 7.00. The lowest BCUT2D eigenvalue weighted by Gasteiger charge is -2.37. The van der Waals surface area contributed by atoms with Gasteiger partial charge in [-0.25, -0.2) is 13.1 Å². The van der Waals surface area contributed by atoms with Gasteiger partial charge in [-0.1, -0.05) is 31.9 Å². The van der Waals surface area contributed by atoms with E-state index in [-0.39, 0.29) is 5.57 Å². The summed E-state index contributed by atoms with van der Waals surface area (Å²) in [7, 11) is -3.78. The Bertz CT molecular complexity index is 1320. The molecule has 1 aromatic carbocycles. The first-order valence-corrected chi connectivity index (χ1v) is 15.5. The normalized spacial score (nSPS) is 22.1. The maximum atomic E-state index is 13.5. The van der Waals surface area contributed by atoms with E-state index < -0.39 is 32.6 Å². The zero-order valence-corrected chi connectivity index (χ0v) is 23.0. The molecule has 1 aliphatic heterocycles. The molecule has 0 bridgehead atoms. The number of rotatable bonds is 11. The Morgan fingerprint density at radius 3 is 2.49 bits per heavy atom. The molecule has 2 saturated carbocycles. The minimum atomic E-state index is -3.78. The Kier molecular flexibility index (Phi) is 7.20. The molecule has 37 heavy (non-hydrogen) atoms. The van der Waals surface area contributed by atoms with Gasteiger partial charge in [0.2, 0.25) is 10.0 Å². The third kappa shape index (κ3) is 5.77. The fourth-order valence-corrected chi connectivity index (χ4v) is 7.28. The number of sulfonamides is 1. The van der Waals surface area contributed by atoms with Gasteiger partial charge in [-0.15, -0.1) is 11.3 Å². The summed E-state index contributed by atoms with van der Waals surface area (Å²) in [5.41, 5.74) is 0.604. The van der Waals surface area contributed by atoms with Gasteiger partial charge in [0.25, 0.3) is 11.8 Å². The van der Waals surface area contributed by atoms with Crippen LogP contribution >= 0.6 is 11.3 Å². The summed E-state index contributed by atoms with van der Waals surface area (Å²) in [5, 5.41) is 2.45. The van der Waals surface area contributed by atoms with Crippen LogP contribution in [0.3, 0.4) is 0 Å². The van der Waals surface area contributed by atoms with E-state index in [9.17, 15) is 18.0 Å². The van der Waals surface area contributed by atoms with E-state index in [1.165, 1.54) is 4.88 Å². The largest absolute Gasteiger partial charge is 0.494 e. The second-order valence-electron chi connectivity index (χ2n) is 10.5. The molecule has 1 aromatic heterocycles. The zero-order valence-electron chi connectivity index (χ0n) is 21.3. The van der Waals surface area contributed by atoms with Gasteiger partial charge in [0.1, 0.15) is 11.3 Å².